The average molecular weight is 716 g/mol. The van der Waals surface area contributed by atoms with Gasteiger partial charge in [-0.05, 0) is 25.0 Å². The summed E-state index contributed by atoms with van der Waals surface area (Å²) >= 11 is 0. The summed E-state index contributed by atoms with van der Waals surface area (Å²) in [6.45, 7) is 6.19. The van der Waals surface area contributed by atoms with E-state index in [4.69, 9.17) is 4.74 Å². The molecule has 1 heterocycles. The molecule has 1 aromatic rings. The van der Waals surface area contributed by atoms with Crippen LogP contribution < -0.4 is 49.2 Å². The van der Waals surface area contributed by atoms with E-state index in [0.717, 1.165) is 44.5 Å². The van der Waals surface area contributed by atoms with E-state index >= 15 is 0 Å². The van der Waals surface area contributed by atoms with E-state index in [1.54, 1.807) is 12.1 Å². The second-order valence-corrected chi connectivity index (χ2v) is 13.7. The molecule has 0 saturated heterocycles. The molecule has 6 nitrogen and oxygen atoms in total. The zero-order valence-electron chi connectivity index (χ0n) is 31.9. The van der Waals surface area contributed by atoms with Gasteiger partial charge in [-0.2, -0.15) is 13.2 Å². The van der Waals surface area contributed by atoms with Crippen molar-refractivity contribution in [3.8, 4) is 5.75 Å². The van der Waals surface area contributed by atoms with Gasteiger partial charge < -0.3 is 14.7 Å². The van der Waals surface area contributed by atoms with Crippen LogP contribution in [0.15, 0.2) is 35.2 Å². The third kappa shape index (κ3) is 17.7. The molecule has 280 valence electrons. The van der Waals surface area contributed by atoms with Gasteiger partial charge in [-0.25, -0.2) is 4.99 Å². The summed E-state index contributed by atoms with van der Waals surface area (Å²) in [6.07, 6.45) is 25.7. The molecule has 0 radical (unpaired) electrons. The number of methoxy groups -OCH3 is 1. The molecule has 1 aliphatic rings. The minimum Gasteiger partial charge on any atom is -0.876 e. The Morgan fingerprint density at radius 3 is 1.48 bits per heavy atom. The minimum atomic E-state index is -4.92. The Labute approximate surface area is 324 Å². The van der Waals surface area contributed by atoms with E-state index in [0.29, 0.717) is 4.90 Å². The third-order valence-corrected chi connectivity index (χ3v) is 9.56. The first-order valence-electron chi connectivity index (χ1n) is 19.5. The molecular weight excluding hydrogens is 650 g/mol. The van der Waals surface area contributed by atoms with Crippen LogP contribution in [0.4, 0.5) is 24.5 Å². The van der Waals surface area contributed by atoms with Crippen molar-refractivity contribution in [3.05, 3.63) is 30.2 Å². The number of amides is 1. The Morgan fingerprint density at radius 2 is 1.12 bits per heavy atom. The molecule has 0 unspecified atom stereocenters. The zero-order valence-corrected chi connectivity index (χ0v) is 33.9. The van der Waals surface area contributed by atoms with Gasteiger partial charge in [0.15, 0.2) is 0 Å². The zero-order chi connectivity index (χ0) is 35.7. The number of ether oxygens (including phenoxy) is 1. The molecule has 0 atom stereocenters. The topological polar surface area (TPSA) is 68.2 Å². The van der Waals surface area contributed by atoms with Crippen LogP contribution in [0.1, 0.15) is 168 Å². The van der Waals surface area contributed by atoms with Crippen molar-refractivity contribution < 1.29 is 57.4 Å². The number of halogens is 3. The van der Waals surface area contributed by atoms with Crippen LogP contribution in [0, 0.1) is 0 Å². The van der Waals surface area contributed by atoms with Crippen molar-refractivity contribution in [2.24, 2.45) is 4.99 Å². The van der Waals surface area contributed by atoms with Gasteiger partial charge in [0.1, 0.15) is 11.4 Å². The smallest absolute Gasteiger partial charge is 0.876 e. The van der Waals surface area contributed by atoms with Gasteiger partial charge in [0, 0.05) is 24.8 Å². The Kier molecular flexibility index (Phi) is 25.8. The molecule has 1 amide bonds. The second kappa shape index (κ2) is 27.9. The fourth-order valence-corrected chi connectivity index (χ4v) is 6.62. The third-order valence-electron chi connectivity index (χ3n) is 9.56. The molecule has 0 N–H and O–H groups in total. The first-order valence-corrected chi connectivity index (χ1v) is 19.5. The molecule has 2 rings (SSSR count). The maximum Gasteiger partial charge on any atom is 1.00 e. The molecule has 1 aliphatic heterocycles. The molecule has 0 fully saturated rings. The molecular formula is C40H65F3N3NaO3. The Bertz CT molecular complexity index is 1090. The maximum absolute atomic E-state index is 13.8. The normalized spacial score (nSPS) is 14.0. The quantitative estimate of drug-likeness (QED) is 0.0362. The number of unbranched alkanes of at least 4 members (excludes halogenated alkanes) is 22. The van der Waals surface area contributed by atoms with E-state index < -0.39 is 23.6 Å². The van der Waals surface area contributed by atoms with E-state index in [-0.39, 0.29) is 47.3 Å². The van der Waals surface area contributed by atoms with E-state index in [9.17, 15) is 23.1 Å². The number of nitrogens with zero attached hydrogens (tertiary/aromatic N) is 3. The van der Waals surface area contributed by atoms with Gasteiger partial charge in [0.2, 0.25) is 5.84 Å². The summed E-state index contributed by atoms with van der Waals surface area (Å²) in [7, 11) is 1.37. The van der Waals surface area contributed by atoms with Gasteiger partial charge in [-0.15, -0.1) is 6.26 Å². The number of hydrogen-bond donors (Lipinski definition) is 0. The van der Waals surface area contributed by atoms with E-state index in [1.165, 1.54) is 142 Å². The summed E-state index contributed by atoms with van der Waals surface area (Å²) in [4.78, 5) is 18.8. The van der Waals surface area contributed by atoms with Crippen molar-refractivity contribution in [1.29, 1.82) is 0 Å². The monoisotopic (exact) mass is 715 g/mol. The summed E-state index contributed by atoms with van der Waals surface area (Å²) in [5.74, 6) is -2.42. The first-order chi connectivity index (χ1) is 23.8. The number of amidine groups is 1. The summed E-state index contributed by atoms with van der Waals surface area (Å²) in [6, 6.07) is 4.92. The van der Waals surface area contributed by atoms with Crippen molar-refractivity contribution in [2.75, 3.05) is 30.0 Å². The van der Waals surface area contributed by atoms with Gasteiger partial charge in [-0.3, -0.25) is 9.69 Å². The fourth-order valence-electron chi connectivity index (χ4n) is 6.62. The van der Waals surface area contributed by atoms with Crippen LogP contribution in [0.2, 0.25) is 0 Å². The van der Waals surface area contributed by atoms with Gasteiger partial charge >= 0.3 is 35.7 Å². The molecule has 0 saturated carbocycles. The van der Waals surface area contributed by atoms with Crippen LogP contribution in [-0.4, -0.2) is 38.1 Å². The first kappa shape index (κ1) is 46.3. The number of alkyl halides is 3. The fraction of sp³-hybridized carbons (Fsp3) is 0.750. The van der Waals surface area contributed by atoms with Crippen LogP contribution in [-0.2, 0) is 4.79 Å². The predicted molar refractivity (Wildman–Crippen MR) is 196 cm³/mol. The summed E-state index contributed by atoms with van der Waals surface area (Å²) in [5, 5.41) is 11.3. The number of hydrogen-bond acceptors (Lipinski definition) is 5. The Balaban J connectivity index is 0.0000125. The molecule has 0 spiro atoms. The van der Waals surface area contributed by atoms with Crippen LogP contribution >= 0.6 is 0 Å². The SMILES string of the molecule is CCCCCCCCCCCCCCN(CCCCCCCCCCCCCC)c1ccc(N2C(=O)/C(=C\[O-])N=C2C(F)(F)F)c(OC)c1.[Na+]. The molecule has 0 aromatic heterocycles. The second-order valence-electron chi connectivity index (χ2n) is 13.7. The summed E-state index contributed by atoms with van der Waals surface area (Å²) in [5.41, 5.74) is -0.0117. The van der Waals surface area contributed by atoms with Gasteiger partial charge in [-0.1, -0.05) is 155 Å². The molecule has 0 aliphatic carbocycles. The summed E-state index contributed by atoms with van der Waals surface area (Å²) < 4.78 is 47.0. The molecule has 10 heteroatoms. The number of anilines is 2. The number of benzene rings is 1. The van der Waals surface area contributed by atoms with Crippen LogP contribution in [0.25, 0.3) is 0 Å². The van der Waals surface area contributed by atoms with Crippen LogP contribution in [0.5, 0.6) is 5.75 Å². The number of carbonyl (C=O) groups is 1. The predicted octanol–water partition coefficient (Wildman–Crippen LogP) is 8.42. The minimum absolute atomic E-state index is 0. The van der Waals surface area contributed by atoms with E-state index in [2.05, 4.69) is 23.7 Å². The molecule has 0 bridgehead atoms. The maximum atomic E-state index is 13.8. The number of rotatable bonds is 29. The van der Waals surface area contributed by atoms with Crippen molar-refractivity contribution in [3.63, 3.8) is 0 Å². The van der Waals surface area contributed by atoms with Gasteiger partial charge in [0.25, 0.3) is 5.91 Å². The van der Waals surface area contributed by atoms with Crippen LogP contribution in [0.3, 0.4) is 0 Å². The molecule has 1 aromatic carbocycles. The average Bonchev–Trinajstić information content (AvgIpc) is 3.44. The van der Waals surface area contributed by atoms with Crippen molar-refractivity contribution in [2.45, 2.75) is 174 Å². The largest absolute Gasteiger partial charge is 1.00 e. The van der Waals surface area contributed by atoms with Gasteiger partial charge in [0.05, 0.1) is 12.8 Å². The standard InChI is InChI=1S/C40H66F3N3O3.Na/c1-4-6-8-10-12-14-16-18-20-22-24-26-30-45(31-27-25-23-21-19-17-15-13-11-9-7-5-2)34-28-29-36(37(32-34)49-3)46-38(48)35(33-47)44-39(46)40(41,42)43;/h28-29,32-33,47H,4-27,30-31H2,1-3H3;/q;+1/p-1/b35-33+;. The Hall–Kier alpha value is -1.71. The number of aliphatic imine (C=N–C) groups is 1. The van der Waals surface area contributed by atoms with Crippen molar-refractivity contribution in [1.82, 2.24) is 0 Å². The Morgan fingerprint density at radius 1 is 0.720 bits per heavy atom. The number of carbonyl (C=O) groups excluding carboxylic acids is 1. The molecule has 50 heavy (non-hydrogen) atoms. The van der Waals surface area contributed by atoms with E-state index in [1.807, 2.05) is 0 Å². The van der Waals surface area contributed by atoms with Crippen molar-refractivity contribution >= 4 is 23.1 Å².